The zero-order valence-corrected chi connectivity index (χ0v) is 9.36. The Morgan fingerprint density at radius 2 is 2.00 bits per heavy atom. The lowest BCUT2D eigenvalue weighted by Crippen LogP contribution is -1.98. The van der Waals surface area contributed by atoms with Crippen LogP contribution in [0.3, 0.4) is 0 Å². The quantitative estimate of drug-likeness (QED) is 0.749. The van der Waals surface area contributed by atoms with Crippen LogP contribution in [0.1, 0.15) is 38.1 Å². The SMILES string of the molecule is CCc1ncnc2ccc(C(C)C)nc12. The van der Waals surface area contributed by atoms with Crippen molar-refractivity contribution in [3.63, 3.8) is 0 Å². The zero-order chi connectivity index (χ0) is 10.8. The van der Waals surface area contributed by atoms with Crippen molar-refractivity contribution < 1.29 is 0 Å². The second kappa shape index (κ2) is 3.93. The largest absolute Gasteiger partial charge is 0.249 e. The van der Waals surface area contributed by atoms with E-state index in [9.17, 15) is 0 Å². The summed E-state index contributed by atoms with van der Waals surface area (Å²) in [5.74, 6) is 0.444. The molecule has 3 heteroatoms. The van der Waals surface area contributed by atoms with Crippen LogP contribution in [0.5, 0.6) is 0 Å². The summed E-state index contributed by atoms with van der Waals surface area (Å²) in [5.41, 5.74) is 4.02. The standard InChI is InChI=1S/C12H15N3/c1-4-9-12-11(14-7-13-9)6-5-10(15-12)8(2)3/h5-8H,4H2,1-3H3. The first-order chi connectivity index (χ1) is 7.22. The fourth-order valence-electron chi connectivity index (χ4n) is 1.59. The molecule has 0 radical (unpaired) electrons. The molecule has 0 atom stereocenters. The number of hydrogen-bond acceptors (Lipinski definition) is 3. The minimum Gasteiger partial charge on any atom is -0.249 e. The summed E-state index contributed by atoms with van der Waals surface area (Å²) in [4.78, 5) is 13.1. The Hall–Kier alpha value is -1.51. The predicted molar refractivity (Wildman–Crippen MR) is 60.8 cm³/mol. The van der Waals surface area contributed by atoms with Crippen LogP contribution in [0.4, 0.5) is 0 Å². The highest BCUT2D eigenvalue weighted by molar-refractivity contribution is 5.76. The maximum atomic E-state index is 4.62. The van der Waals surface area contributed by atoms with E-state index in [0.29, 0.717) is 5.92 Å². The number of aromatic nitrogens is 3. The summed E-state index contributed by atoms with van der Waals surface area (Å²) in [6.07, 6.45) is 2.51. The minimum atomic E-state index is 0.444. The minimum absolute atomic E-state index is 0.444. The predicted octanol–water partition coefficient (Wildman–Crippen LogP) is 2.71. The van der Waals surface area contributed by atoms with Gasteiger partial charge in [0.1, 0.15) is 11.8 Å². The molecule has 2 rings (SSSR count). The number of fused-ring (bicyclic) bond motifs is 1. The van der Waals surface area contributed by atoms with E-state index < -0.39 is 0 Å². The van der Waals surface area contributed by atoms with E-state index in [2.05, 4.69) is 35.7 Å². The first kappa shape index (κ1) is 10.0. The molecule has 2 aromatic rings. The van der Waals surface area contributed by atoms with Crippen molar-refractivity contribution in [2.75, 3.05) is 0 Å². The fraction of sp³-hybridized carbons (Fsp3) is 0.417. The maximum Gasteiger partial charge on any atom is 0.116 e. The molecule has 0 saturated heterocycles. The summed E-state index contributed by atoms with van der Waals surface area (Å²) in [7, 11) is 0. The van der Waals surface area contributed by atoms with Gasteiger partial charge >= 0.3 is 0 Å². The van der Waals surface area contributed by atoms with E-state index in [0.717, 1.165) is 28.8 Å². The molecule has 78 valence electrons. The van der Waals surface area contributed by atoms with Crippen LogP contribution in [-0.2, 0) is 6.42 Å². The van der Waals surface area contributed by atoms with Gasteiger partial charge in [0.25, 0.3) is 0 Å². The first-order valence-electron chi connectivity index (χ1n) is 5.33. The molecule has 2 aromatic heterocycles. The van der Waals surface area contributed by atoms with Crippen LogP contribution < -0.4 is 0 Å². The van der Waals surface area contributed by atoms with Crippen molar-refractivity contribution in [1.82, 2.24) is 15.0 Å². The number of hydrogen-bond donors (Lipinski definition) is 0. The summed E-state index contributed by atoms with van der Waals surface area (Å²) in [6, 6.07) is 4.07. The molecular formula is C12H15N3. The van der Waals surface area contributed by atoms with Gasteiger partial charge in [-0.05, 0) is 24.5 Å². The number of pyridine rings is 1. The van der Waals surface area contributed by atoms with Crippen LogP contribution in [0.2, 0.25) is 0 Å². The Labute approximate surface area is 89.6 Å². The van der Waals surface area contributed by atoms with Gasteiger partial charge < -0.3 is 0 Å². The molecule has 2 heterocycles. The smallest absolute Gasteiger partial charge is 0.116 e. The molecule has 0 fully saturated rings. The molecule has 3 nitrogen and oxygen atoms in total. The lowest BCUT2D eigenvalue weighted by atomic mass is 10.1. The number of rotatable bonds is 2. The lowest BCUT2D eigenvalue weighted by Gasteiger charge is -2.07. The van der Waals surface area contributed by atoms with E-state index in [1.165, 1.54) is 0 Å². The number of aryl methyl sites for hydroxylation is 1. The summed E-state index contributed by atoms with van der Waals surface area (Å²) < 4.78 is 0. The average Bonchev–Trinajstić information content (AvgIpc) is 2.27. The van der Waals surface area contributed by atoms with Crippen molar-refractivity contribution in [3.8, 4) is 0 Å². The highest BCUT2D eigenvalue weighted by Gasteiger charge is 2.06. The molecule has 0 amide bonds. The Kier molecular flexibility index (Phi) is 2.62. The summed E-state index contributed by atoms with van der Waals surface area (Å²) in [5, 5.41) is 0. The molecule has 0 saturated carbocycles. The van der Waals surface area contributed by atoms with Crippen LogP contribution in [-0.4, -0.2) is 15.0 Å². The Balaban J connectivity index is 2.67. The van der Waals surface area contributed by atoms with Crippen LogP contribution in [0, 0.1) is 0 Å². The van der Waals surface area contributed by atoms with Gasteiger partial charge in [0.05, 0.1) is 11.2 Å². The van der Waals surface area contributed by atoms with Crippen molar-refractivity contribution >= 4 is 11.0 Å². The van der Waals surface area contributed by atoms with Crippen molar-refractivity contribution in [3.05, 3.63) is 29.8 Å². The summed E-state index contributed by atoms with van der Waals surface area (Å²) >= 11 is 0. The molecule has 0 aliphatic rings. The third-order valence-corrected chi connectivity index (χ3v) is 2.51. The van der Waals surface area contributed by atoms with Crippen LogP contribution in [0.25, 0.3) is 11.0 Å². The Bertz CT molecular complexity index is 477. The van der Waals surface area contributed by atoms with Crippen molar-refractivity contribution in [1.29, 1.82) is 0 Å². The fourth-order valence-corrected chi connectivity index (χ4v) is 1.59. The molecule has 0 aliphatic heterocycles. The van der Waals surface area contributed by atoms with E-state index in [1.807, 2.05) is 12.1 Å². The summed E-state index contributed by atoms with van der Waals surface area (Å²) in [6.45, 7) is 6.37. The van der Waals surface area contributed by atoms with Gasteiger partial charge in [0, 0.05) is 5.69 Å². The van der Waals surface area contributed by atoms with E-state index >= 15 is 0 Å². The van der Waals surface area contributed by atoms with Gasteiger partial charge in [-0.1, -0.05) is 20.8 Å². The van der Waals surface area contributed by atoms with Gasteiger partial charge in [0.2, 0.25) is 0 Å². The molecule has 0 aromatic carbocycles. The van der Waals surface area contributed by atoms with Crippen molar-refractivity contribution in [2.45, 2.75) is 33.1 Å². The van der Waals surface area contributed by atoms with Crippen molar-refractivity contribution in [2.24, 2.45) is 0 Å². The zero-order valence-electron chi connectivity index (χ0n) is 9.36. The second-order valence-electron chi connectivity index (χ2n) is 3.93. The molecule has 0 N–H and O–H groups in total. The van der Waals surface area contributed by atoms with E-state index in [1.54, 1.807) is 6.33 Å². The second-order valence-corrected chi connectivity index (χ2v) is 3.93. The highest BCUT2D eigenvalue weighted by atomic mass is 14.9. The van der Waals surface area contributed by atoms with Gasteiger partial charge in [-0.15, -0.1) is 0 Å². The highest BCUT2D eigenvalue weighted by Crippen LogP contribution is 2.17. The van der Waals surface area contributed by atoms with Gasteiger partial charge in [0.15, 0.2) is 0 Å². The molecular weight excluding hydrogens is 186 g/mol. The molecule has 0 spiro atoms. The maximum absolute atomic E-state index is 4.62. The van der Waals surface area contributed by atoms with Gasteiger partial charge in [-0.2, -0.15) is 0 Å². The van der Waals surface area contributed by atoms with E-state index in [-0.39, 0.29) is 0 Å². The van der Waals surface area contributed by atoms with E-state index in [4.69, 9.17) is 0 Å². The van der Waals surface area contributed by atoms with Gasteiger partial charge in [-0.25, -0.2) is 15.0 Å². The van der Waals surface area contributed by atoms with Gasteiger partial charge in [-0.3, -0.25) is 0 Å². The number of nitrogens with zero attached hydrogens (tertiary/aromatic N) is 3. The normalized spacial score (nSPS) is 11.2. The first-order valence-corrected chi connectivity index (χ1v) is 5.33. The third kappa shape index (κ3) is 1.82. The molecule has 0 unspecified atom stereocenters. The molecule has 0 aliphatic carbocycles. The van der Waals surface area contributed by atoms with Crippen LogP contribution >= 0.6 is 0 Å². The monoisotopic (exact) mass is 201 g/mol. The Morgan fingerprint density at radius 1 is 1.20 bits per heavy atom. The molecule has 15 heavy (non-hydrogen) atoms. The average molecular weight is 201 g/mol. The lowest BCUT2D eigenvalue weighted by molar-refractivity contribution is 0.827. The topological polar surface area (TPSA) is 38.7 Å². The third-order valence-electron chi connectivity index (χ3n) is 2.51. The van der Waals surface area contributed by atoms with Crippen LogP contribution in [0.15, 0.2) is 18.5 Å². The Morgan fingerprint density at radius 3 is 2.67 bits per heavy atom. The molecule has 0 bridgehead atoms.